The van der Waals surface area contributed by atoms with Gasteiger partial charge in [-0.25, -0.2) is 0 Å². The summed E-state index contributed by atoms with van der Waals surface area (Å²) in [6.07, 6.45) is 4.33. The number of carbonyl (C=O) groups excluding carboxylic acids is 2. The van der Waals surface area contributed by atoms with Crippen molar-refractivity contribution in [2.24, 2.45) is 11.8 Å². The number of esters is 1. The van der Waals surface area contributed by atoms with Crippen LogP contribution in [0.25, 0.3) is 0 Å². The molecule has 16 heavy (non-hydrogen) atoms. The monoisotopic (exact) mass is 336 g/mol. The third-order valence-electron chi connectivity index (χ3n) is 3.95. The predicted molar refractivity (Wildman–Crippen MR) is 68.5 cm³/mol. The van der Waals surface area contributed by atoms with Crippen molar-refractivity contribution in [1.29, 1.82) is 0 Å². The first-order valence-corrected chi connectivity index (χ1v) is 7.38. The third kappa shape index (κ3) is 2.00. The number of Topliss-reactive ketones (excluding diaryl/α,β-unsaturated/α-hetero) is 1. The largest absolute Gasteiger partial charge is 0.458 e. The highest BCUT2D eigenvalue weighted by Crippen LogP contribution is 2.49. The Morgan fingerprint density at radius 2 is 2.31 bits per heavy atom. The van der Waals surface area contributed by atoms with E-state index in [9.17, 15) is 9.59 Å². The van der Waals surface area contributed by atoms with E-state index < -0.39 is 0 Å². The summed E-state index contributed by atoms with van der Waals surface area (Å²) < 4.78 is 6.44. The number of fused-ring (bicyclic) bond motifs is 1. The fraction of sp³-hybridized carbons (Fsp3) is 0.833. The van der Waals surface area contributed by atoms with E-state index >= 15 is 0 Å². The minimum atomic E-state index is -0.332. The van der Waals surface area contributed by atoms with Gasteiger partial charge in [-0.1, -0.05) is 29.0 Å². The second-order valence-corrected chi connectivity index (χ2v) is 5.76. The molecule has 0 spiro atoms. The Bertz CT molecular complexity index is 315. The number of halogens is 1. The topological polar surface area (TPSA) is 43.4 Å². The quantitative estimate of drug-likeness (QED) is 0.452. The Hall–Kier alpha value is -0.130. The Morgan fingerprint density at radius 1 is 1.56 bits per heavy atom. The van der Waals surface area contributed by atoms with E-state index in [0.29, 0.717) is 18.8 Å². The van der Waals surface area contributed by atoms with Crippen molar-refractivity contribution < 1.29 is 14.3 Å². The van der Waals surface area contributed by atoms with Crippen LogP contribution in [0.5, 0.6) is 0 Å². The lowest BCUT2D eigenvalue weighted by atomic mass is 9.68. The molecule has 0 bridgehead atoms. The van der Waals surface area contributed by atoms with Crippen LogP contribution >= 0.6 is 22.6 Å². The number of ketones is 1. The van der Waals surface area contributed by atoms with Gasteiger partial charge in [-0.05, 0) is 19.8 Å². The summed E-state index contributed by atoms with van der Waals surface area (Å²) in [7, 11) is 0. The summed E-state index contributed by atoms with van der Waals surface area (Å²) in [4.78, 5) is 22.8. The molecule has 1 saturated carbocycles. The van der Waals surface area contributed by atoms with Gasteiger partial charge in [0.2, 0.25) is 0 Å². The highest BCUT2D eigenvalue weighted by molar-refractivity contribution is 14.1. The minimum absolute atomic E-state index is 0.0721. The van der Waals surface area contributed by atoms with E-state index in [2.05, 4.69) is 22.6 Å². The maximum absolute atomic E-state index is 11.5. The van der Waals surface area contributed by atoms with Crippen molar-refractivity contribution in [3.05, 3.63) is 0 Å². The zero-order valence-corrected chi connectivity index (χ0v) is 11.7. The smallest absolute Gasteiger partial charge is 0.306 e. The molecule has 0 aromatic rings. The Morgan fingerprint density at radius 3 is 2.94 bits per heavy atom. The summed E-state index contributed by atoms with van der Waals surface area (Å²) in [5.74, 6) is 0.719. The van der Waals surface area contributed by atoms with Crippen LogP contribution in [0.3, 0.4) is 0 Å². The Kier molecular flexibility index (Phi) is 3.56. The molecule has 1 heterocycles. The maximum atomic E-state index is 11.5. The fourth-order valence-electron chi connectivity index (χ4n) is 3.20. The van der Waals surface area contributed by atoms with E-state index in [1.165, 1.54) is 0 Å². The first kappa shape index (κ1) is 12.3. The number of alkyl halides is 1. The fourth-order valence-corrected chi connectivity index (χ4v) is 4.60. The van der Waals surface area contributed by atoms with Gasteiger partial charge in [0.1, 0.15) is 11.4 Å². The maximum Gasteiger partial charge on any atom is 0.306 e. The van der Waals surface area contributed by atoms with Crippen LogP contribution in [0, 0.1) is 11.8 Å². The van der Waals surface area contributed by atoms with Gasteiger partial charge in [0.25, 0.3) is 0 Å². The SMILES string of the molecule is CC(=O)C[C@H]1CCC[C@H]2CC(=O)O[C@@]12CI. The molecule has 3 atom stereocenters. The van der Waals surface area contributed by atoms with Crippen LogP contribution in [-0.4, -0.2) is 21.8 Å². The molecule has 4 heteroatoms. The van der Waals surface area contributed by atoms with Crippen LogP contribution in [0.2, 0.25) is 0 Å². The summed E-state index contributed by atoms with van der Waals surface area (Å²) in [6, 6.07) is 0. The molecular formula is C12H17IO3. The lowest BCUT2D eigenvalue weighted by Crippen LogP contribution is -2.48. The normalized spacial score (nSPS) is 38.0. The van der Waals surface area contributed by atoms with Crippen molar-refractivity contribution in [2.45, 2.75) is 44.6 Å². The second kappa shape index (κ2) is 4.63. The zero-order chi connectivity index (χ0) is 11.8. The van der Waals surface area contributed by atoms with Gasteiger partial charge in [0.05, 0.1) is 6.42 Å². The summed E-state index contributed by atoms with van der Waals surface area (Å²) in [6.45, 7) is 1.63. The molecule has 0 unspecified atom stereocenters. The van der Waals surface area contributed by atoms with Crippen molar-refractivity contribution >= 4 is 34.3 Å². The molecule has 0 aromatic carbocycles. The van der Waals surface area contributed by atoms with Gasteiger partial charge >= 0.3 is 5.97 Å². The van der Waals surface area contributed by atoms with E-state index in [0.717, 1.165) is 23.7 Å². The van der Waals surface area contributed by atoms with Gasteiger partial charge < -0.3 is 9.53 Å². The number of hydrogen-bond acceptors (Lipinski definition) is 3. The zero-order valence-electron chi connectivity index (χ0n) is 9.50. The molecule has 1 saturated heterocycles. The molecule has 2 fully saturated rings. The number of ether oxygens (including phenoxy) is 1. The van der Waals surface area contributed by atoms with Gasteiger partial charge in [0.15, 0.2) is 0 Å². The number of carbonyl (C=O) groups is 2. The first-order valence-electron chi connectivity index (χ1n) is 5.85. The molecule has 0 N–H and O–H groups in total. The second-order valence-electron chi connectivity index (χ2n) is 5.00. The molecule has 0 radical (unpaired) electrons. The molecule has 1 aliphatic heterocycles. The van der Waals surface area contributed by atoms with Crippen molar-refractivity contribution in [1.82, 2.24) is 0 Å². The van der Waals surface area contributed by atoms with Crippen LogP contribution in [0.1, 0.15) is 39.0 Å². The summed E-state index contributed by atoms with van der Waals surface area (Å²) in [5, 5.41) is 0. The molecule has 0 amide bonds. The Labute approximate surface area is 109 Å². The Balaban J connectivity index is 2.23. The highest BCUT2D eigenvalue weighted by atomic mass is 127. The highest BCUT2D eigenvalue weighted by Gasteiger charge is 2.54. The van der Waals surface area contributed by atoms with Gasteiger partial charge in [-0.15, -0.1) is 0 Å². The lowest BCUT2D eigenvalue weighted by molar-refractivity contribution is -0.155. The molecule has 0 aromatic heterocycles. The predicted octanol–water partition coefficient (Wildman–Crippen LogP) is 2.50. The standard InChI is InChI=1S/C12H17IO3/c1-8(14)5-9-3-2-4-10-6-11(15)16-12(9,10)7-13/h9-10H,2-7H2,1H3/t9-,10+,12+/m1/s1. The van der Waals surface area contributed by atoms with E-state index in [-0.39, 0.29) is 23.3 Å². The molecule has 1 aliphatic carbocycles. The summed E-state index contributed by atoms with van der Waals surface area (Å²) >= 11 is 2.30. The van der Waals surface area contributed by atoms with Gasteiger partial charge in [0, 0.05) is 22.7 Å². The number of hydrogen-bond donors (Lipinski definition) is 0. The van der Waals surface area contributed by atoms with E-state index in [1.807, 2.05) is 0 Å². The third-order valence-corrected chi connectivity index (χ3v) is 5.14. The van der Waals surface area contributed by atoms with Crippen LogP contribution in [-0.2, 0) is 14.3 Å². The summed E-state index contributed by atoms with van der Waals surface area (Å²) in [5.41, 5.74) is -0.332. The minimum Gasteiger partial charge on any atom is -0.458 e. The molecule has 3 nitrogen and oxygen atoms in total. The molecule has 2 aliphatic rings. The van der Waals surface area contributed by atoms with E-state index in [4.69, 9.17) is 4.74 Å². The van der Waals surface area contributed by atoms with Crippen LogP contribution in [0.4, 0.5) is 0 Å². The lowest BCUT2D eigenvalue weighted by Gasteiger charge is -2.42. The average molecular weight is 336 g/mol. The van der Waals surface area contributed by atoms with Crippen LogP contribution in [0.15, 0.2) is 0 Å². The van der Waals surface area contributed by atoms with Crippen molar-refractivity contribution in [2.75, 3.05) is 4.43 Å². The first-order chi connectivity index (χ1) is 7.58. The molecular weight excluding hydrogens is 319 g/mol. The molecule has 90 valence electrons. The van der Waals surface area contributed by atoms with Gasteiger partial charge in [-0.3, -0.25) is 4.79 Å². The van der Waals surface area contributed by atoms with Crippen molar-refractivity contribution in [3.8, 4) is 0 Å². The van der Waals surface area contributed by atoms with Crippen LogP contribution < -0.4 is 0 Å². The van der Waals surface area contributed by atoms with Gasteiger partial charge in [-0.2, -0.15) is 0 Å². The molecule has 2 rings (SSSR count). The van der Waals surface area contributed by atoms with E-state index in [1.54, 1.807) is 6.92 Å². The number of rotatable bonds is 3. The van der Waals surface area contributed by atoms with Crippen molar-refractivity contribution in [3.63, 3.8) is 0 Å². The average Bonchev–Trinajstić information content (AvgIpc) is 2.55.